The van der Waals surface area contributed by atoms with E-state index >= 15 is 0 Å². The van der Waals surface area contributed by atoms with Crippen LogP contribution in [0.3, 0.4) is 0 Å². The number of ether oxygens (including phenoxy) is 1. The van der Waals surface area contributed by atoms with Crippen LogP contribution in [0.5, 0.6) is 5.75 Å². The molecule has 0 aliphatic carbocycles. The molecule has 3 aromatic rings. The van der Waals surface area contributed by atoms with Gasteiger partial charge in [0.1, 0.15) is 5.75 Å². The molecular formula is C23H19NO4. The van der Waals surface area contributed by atoms with Crippen LogP contribution in [0, 0.1) is 6.92 Å². The quantitative estimate of drug-likeness (QED) is 0.378. The predicted octanol–water partition coefficient (Wildman–Crippen LogP) is 4.39. The number of rotatable bonds is 5. The number of esters is 1. The van der Waals surface area contributed by atoms with E-state index in [-0.39, 0.29) is 0 Å². The average molecular weight is 373 g/mol. The van der Waals surface area contributed by atoms with Crippen LogP contribution in [-0.2, 0) is 9.59 Å². The number of imide groups is 1. The van der Waals surface area contributed by atoms with Gasteiger partial charge < -0.3 is 4.74 Å². The van der Waals surface area contributed by atoms with Gasteiger partial charge >= 0.3 is 5.97 Å². The first-order chi connectivity index (χ1) is 13.5. The van der Waals surface area contributed by atoms with Crippen LogP contribution in [0.4, 0.5) is 5.69 Å². The molecule has 2 amide bonds. The smallest absolute Gasteiger partial charge is 0.308 e. The van der Waals surface area contributed by atoms with Gasteiger partial charge in [-0.2, -0.15) is 0 Å². The molecule has 5 heteroatoms. The van der Waals surface area contributed by atoms with Gasteiger partial charge in [0.2, 0.25) is 6.41 Å². The molecule has 0 spiro atoms. The number of hydrogen-bond acceptors (Lipinski definition) is 4. The van der Waals surface area contributed by atoms with E-state index in [2.05, 4.69) is 0 Å². The van der Waals surface area contributed by atoms with Crippen molar-refractivity contribution in [1.29, 1.82) is 0 Å². The third-order valence-corrected chi connectivity index (χ3v) is 4.29. The molecule has 0 radical (unpaired) electrons. The fourth-order valence-electron chi connectivity index (χ4n) is 2.98. The van der Waals surface area contributed by atoms with E-state index in [0.29, 0.717) is 23.4 Å². The summed E-state index contributed by atoms with van der Waals surface area (Å²) < 4.78 is 4.99. The van der Waals surface area contributed by atoms with Gasteiger partial charge in [-0.3, -0.25) is 14.4 Å². The van der Waals surface area contributed by atoms with Gasteiger partial charge in [-0.25, -0.2) is 4.90 Å². The summed E-state index contributed by atoms with van der Waals surface area (Å²) in [6.07, 6.45) is 0.484. The standard InChI is InChI=1S/C23H19NO4/c1-16-7-3-4-8-20(16)21-9-5-6-10-22(21)23(27)24(15-25)18-11-13-19(14-12-18)28-17(2)26/h3-15H,1-2H3. The summed E-state index contributed by atoms with van der Waals surface area (Å²) in [6.45, 7) is 3.28. The Balaban J connectivity index is 1.98. The lowest BCUT2D eigenvalue weighted by Gasteiger charge is -2.18. The topological polar surface area (TPSA) is 63.7 Å². The third-order valence-electron chi connectivity index (χ3n) is 4.29. The van der Waals surface area contributed by atoms with Crippen molar-refractivity contribution >= 4 is 24.0 Å². The molecule has 0 N–H and O–H groups in total. The van der Waals surface area contributed by atoms with Crippen LogP contribution in [0.25, 0.3) is 11.1 Å². The Hall–Kier alpha value is -3.73. The molecule has 3 rings (SSSR count). The second kappa shape index (κ2) is 8.31. The maximum atomic E-state index is 13.2. The summed E-state index contributed by atoms with van der Waals surface area (Å²) >= 11 is 0. The zero-order valence-electron chi connectivity index (χ0n) is 15.6. The first-order valence-electron chi connectivity index (χ1n) is 8.73. The van der Waals surface area contributed by atoms with E-state index < -0.39 is 11.9 Å². The van der Waals surface area contributed by atoms with Crippen molar-refractivity contribution in [2.45, 2.75) is 13.8 Å². The monoisotopic (exact) mass is 373 g/mol. The Bertz CT molecular complexity index is 1020. The maximum absolute atomic E-state index is 13.2. The molecule has 5 nitrogen and oxygen atoms in total. The molecule has 0 unspecified atom stereocenters. The number of carbonyl (C=O) groups excluding carboxylic acids is 3. The highest BCUT2D eigenvalue weighted by Gasteiger charge is 2.21. The second-order valence-corrected chi connectivity index (χ2v) is 6.23. The average Bonchev–Trinajstić information content (AvgIpc) is 2.70. The van der Waals surface area contributed by atoms with Crippen molar-refractivity contribution in [3.05, 3.63) is 83.9 Å². The van der Waals surface area contributed by atoms with E-state index in [4.69, 9.17) is 4.74 Å². The van der Waals surface area contributed by atoms with Crippen molar-refractivity contribution in [3.63, 3.8) is 0 Å². The van der Waals surface area contributed by atoms with Crippen LogP contribution in [0.15, 0.2) is 72.8 Å². The van der Waals surface area contributed by atoms with Crippen molar-refractivity contribution in [1.82, 2.24) is 0 Å². The molecule has 0 bridgehead atoms. The number of aryl methyl sites for hydroxylation is 1. The minimum absolute atomic E-state index is 0.342. The van der Waals surface area contributed by atoms with E-state index in [9.17, 15) is 14.4 Å². The Morgan fingerprint density at radius 3 is 2.07 bits per heavy atom. The molecule has 0 saturated heterocycles. The molecule has 0 atom stereocenters. The van der Waals surface area contributed by atoms with Crippen LogP contribution in [0.2, 0.25) is 0 Å². The molecular weight excluding hydrogens is 354 g/mol. The summed E-state index contributed by atoms with van der Waals surface area (Å²) in [7, 11) is 0. The normalized spacial score (nSPS) is 10.2. The molecule has 0 fully saturated rings. The number of benzene rings is 3. The molecule has 0 heterocycles. The number of hydrogen-bond donors (Lipinski definition) is 0. The highest BCUT2D eigenvalue weighted by atomic mass is 16.5. The van der Waals surface area contributed by atoms with Gasteiger partial charge in [0.15, 0.2) is 0 Å². The molecule has 0 saturated carbocycles. The number of amides is 2. The minimum atomic E-state index is -0.441. The fourth-order valence-corrected chi connectivity index (χ4v) is 2.98. The van der Waals surface area contributed by atoms with Crippen molar-refractivity contribution in [2.24, 2.45) is 0 Å². The lowest BCUT2D eigenvalue weighted by Crippen LogP contribution is -2.29. The highest BCUT2D eigenvalue weighted by Crippen LogP contribution is 2.29. The maximum Gasteiger partial charge on any atom is 0.308 e. The van der Waals surface area contributed by atoms with Crippen molar-refractivity contribution < 1.29 is 19.1 Å². The molecule has 0 aromatic heterocycles. The fraction of sp³-hybridized carbons (Fsp3) is 0.0870. The third kappa shape index (κ3) is 3.99. The zero-order valence-corrected chi connectivity index (χ0v) is 15.6. The Morgan fingerprint density at radius 1 is 0.857 bits per heavy atom. The lowest BCUT2D eigenvalue weighted by molar-refractivity contribution is -0.131. The predicted molar refractivity (Wildman–Crippen MR) is 107 cm³/mol. The second-order valence-electron chi connectivity index (χ2n) is 6.23. The molecule has 140 valence electrons. The van der Waals surface area contributed by atoms with Crippen LogP contribution in [0.1, 0.15) is 22.8 Å². The van der Waals surface area contributed by atoms with Gasteiger partial charge in [-0.15, -0.1) is 0 Å². The summed E-state index contributed by atoms with van der Waals surface area (Å²) in [6, 6.07) is 21.1. The van der Waals surface area contributed by atoms with Gasteiger partial charge in [0.05, 0.1) is 5.69 Å². The Morgan fingerprint density at radius 2 is 1.46 bits per heavy atom. The highest BCUT2D eigenvalue weighted by molar-refractivity contribution is 6.18. The first-order valence-corrected chi connectivity index (χ1v) is 8.73. The first kappa shape index (κ1) is 19.0. The molecule has 3 aromatic carbocycles. The van der Waals surface area contributed by atoms with Crippen molar-refractivity contribution in [2.75, 3.05) is 4.90 Å². The number of nitrogens with zero attached hydrogens (tertiary/aromatic N) is 1. The van der Waals surface area contributed by atoms with Crippen LogP contribution >= 0.6 is 0 Å². The van der Waals surface area contributed by atoms with Gasteiger partial charge in [-0.05, 0) is 53.9 Å². The van der Waals surface area contributed by atoms with E-state index in [1.165, 1.54) is 19.1 Å². The van der Waals surface area contributed by atoms with Gasteiger partial charge in [0, 0.05) is 12.5 Å². The van der Waals surface area contributed by atoms with E-state index in [0.717, 1.165) is 21.6 Å². The summed E-state index contributed by atoms with van der Waals surface area (Å²) in [4.78, 5) is 36.9. The van der Waals surface area contributed by atoms with E-state index in [1.807, 2.05) is 43.3 Å². The summed E-state index contributed by atoms with van der Waals surface area (Å²) in [5.74, 6) is -0.535. The summed E-state index contributed by atoms with van der Waals surface area (Å²) in [5.41, 5.74) is 3.53. The van der Waals surface area contributed by atoms with Gasteiger partial charge in [-0.1, -0.05) is 42.5 Å². The molecule has 0 aliphatic heterocycles. The number of carbonyl (C=O) groups is 3. The Kier molecular flexibility index (Phi) is 5.65. The van der Waals surface area contributed by atoms with Crippen LogP contribution in [-0.4, -0.2) is 18.3 Å². The lowest BCUT2D eigenvalue weighted by atomic mass is 9.95. The van der Waals surface area contributed by atoms with Crippen LogP contribution < -0.4 is 9.64 Å². The molecule has 28 heavy (non-hydrogen) atoms. The minimum Gasteiger partial charge on any atom is -0.427 e. The number of anilines is 1. The molecule has 0 aliphatic rings. The zero-order chi connectivity index (χ0) is 20.1. The Labute approximate surface area is 163 Å². The SMILES string of the molecule is CC(=O)Oc1ccc(N(C=O)C(=O)c2ccccc2-c2ccccc2C)cc1. The largest absolute Gasteiger partial charge is 0.427 e. The van der Waals surface area contributed by atoms with Gasteiger partial charge in [0.25, 0.3) is 5.91 Å². The summed E-state index contributed by atoms with van der Waals surface area (Å²) in [5, 5.41) is 0. The van der Waals surface area contributed by atoms with E-state index in [1.54, 1.807) is 24.3 Å². The van der Waals surface area contributed by atoms with Crippen molar-refractivity contribution in [3.8, 4) is 16.9 Å².